The Hall–Kier alpha value is -1.15. The van der Waals surface area contributed by atoms with Crippen LogP contribution >= 0.6 is 8.60 Å². The highest BCUT2D eigenvalue weighted by Gasteiger charge is 2.14. The van der Waals surface area contributed by atoms with E-state index in [4.69, 9.17) is 13.6 Å². The maximum Gasteiger partial charge on any atom is 0.397 e. The van der Waals surface area contributed by atoms with Crippen molar-refractivity contribution >= 4 is 19.4 Å². The minimum atomic E-state index is -1.31. The summed E-state index contributed by atoms with van der Waals surface area (Å²) in [7, 11) is -1.31. The molecule has 2 aromatic carbocycles. The minimum absolute atomic E-state index is 0.580. The zero-order valence-electron chi connectivity index (χ0n) is 10.6. The van der Waals surface area contributed by atoms with E-state index in [0.29, 0.717) is 13.2 Å². The van der Waals surface area contributed by atoms with E-state index in [1.54, 1.807) is 0 Å². The Labute approximate surface area is 109 Å². The maximum absolute atomic E-state index is 5.83. The summed E-state index contributed by atoms with van der Waals surface area (Å²) in [5.41, 5.74) is 0. The van der Waals surface area contributed by atoms with Gasteiger partial charge >= 0.3 is 8.60 Å². The van der Waals surface area contributed by atoms with Crippen LogP contribution < -0.4 is 4.52 Å². The highest BCUT2D eigenvalue weighted by molar-refractivity contribution is 7.42. The summed E-state index contributed by atoms with van der Waals surface area (Å²) in [6, 6.07) is 14.1. The lowest BCUT2D eigenvalue weighted by atomic mass is 10.1. The lowest BCUT2D eigenvalue weighted by molar-refractivity contribution is 0.222. The molecule has 0 aromatic heterocycles. The van der Waals surface area contributed by atoms with Gasteiger partial charge in [-0.15, -0.1) is 0 Å². The fourth-order valence-electron chi connectivity index (χ4n) is 1.66. The molecule has 3 nitrogen and oxygen atoms in total. The molecule has 0 heterocycles. The zero-order chi connectivity index (χ0) is 12.8. The summed E-state index contributed by atoms with van der Waals surface area (Å²) in [6.45, 7) is 5.02. The topological polar surface area (TPSA) is 27.7 Å². The molecule has 2 rings (SSSR count). The summed E-state index contributed by atoms with van der Waals surface area (Å²) < 4.78 is 16.7. The predicted molar refractivity (Wildman–Crippen MR) is 74.7 cm³/mol. The van der Waals surface area contributed by atoms with Gasteiger partial charge in [-0.25, -0.2) is 0 Å². The molecule has 0 saturated carbocycles. The van der Waals surface area contributed by atoms with Crippen LogP contribution in [0.2, 0.25) is 0 Å². The molecule has 0 N–H and O–H groups in total. The number of hydrogen-bond acceptors (Lipinski definition) is 3. The van der Waals surface area contributed by atoms with Crippen molar-refractivity contribution in [3.05, 3.63) is 42.5 Å². The van der Waals surface area contributed by atoms with E-state index in [2.05, 4.69) is 12.1 Å². The summed E-state index contributed by atoms with van der Waals surface area (Å²) in [6.07, 6.45) is 0. The van der Waals surface area contributed by atoms with Crippen molar-refractivity contribution in [3.8, 4) is 5.75 Å². The predicted octanol–water partition coefficient (Wildman–Crippen LogP) is 4.52. The third-order valence-electron chi connectivity index (χ3n) is 2.39. The molecule has 0 radical (unpaired) electrons. The van der Waals surface area contributed by atoms with Gasteiger partial charge in [0, 0.05) is 5.39 Å². The zero-order valence-corrected chi connectivity index (χ0v) is 11.5. The van der Waals surface area contributed by atoms with E-state index in [-0.39, 0.29) is 0 Å². The van der Waals surface area contributed by atoms with Crippen LogP contribution in [0.4, 0.5) is 0 Å². The van der Waals surface area contributed by atoms with E-state index in [1.807, 2.05) is 44.2 Å². The van der Waals surface area contributed by atoms with Gasteiger partial charge in [0.2, 0.25) is 0 Å². The van der Waals surface area contributed by atoms with Crippen molar-refractivity contribution in [3.63, 3.8) is 0 Å². The quantitative estimate of drug-likeness (QED) is 0.718. The molecule has 18 heavy (non-hydrogen) atoms. The van der Waals surface area contributed by atoms with E-state index in [9.17, 15) is 0 Å². The Morgan fingerprint density at radius 2 is 1.56 bits per heavy atom. The van der Waals surface area contributed by atoms with Crippen LogP contribution in [-0.2, 0) is 9.05 Å². The highest BCUT2D eigenvalue weighted by atomic mass is 31.2. The molecule has 2 aromatic rings. The van der Waals surface area contributed by atoms with Crippen molar-refractivity contribution in [2.45, 2.75) is 13.8 Å². The second-order valence-electron chi connectivity index (χ2n) is 3.63. The van der Waals surface area contributed by atoms with Crippen LogP contribution in [-0.4, -0.2) is 13.2 Å². The molecule has 0 saturated heterocycles. The third-order valence-corrected chi connectivity index (χ3v) is 3.68. The highest BCUT2D eigenvalue weighted by Crippen LogP contribution is 2.42. The lowest BCUT2D eigenvalue weighted by Crippen LogP contribution is -1.97. The van der Waals surface area contributed by atoms with Crippen molar-refractivity contribution < 1.29 is 13.6 Å². The van der Waals surface area contributed by atoms with Gasteiger partial charge in [-0.05, 0) is 25.3 Å². The molecule has 0 unspecified atom stereocenters. The summed E-state index contributed by atoms with van der Waals surface area (Å²) in [5, 5.41) is 2.23. The SMILES string of the molecule is CCOP(OCC)Oc1cccc2ccccc12. The molecule has 0 fully saturated rings. The van der Waals surface area contributed by atoms with E-state index in [1.165, 1.54) is 0 Å². The first-order valence-electron chi connectivity index (χ1n) is 6.06. The molecular formula is C14H17O3P. The van der Waals surface area contributed by atoms with Gasteiger partial charge in [-0.3, -0.25) is 0 Å². The van der Waals surface area contributed by atoms with Gasteiger partial charge in [0.05, 0.1) is 13.2 Å². The number of rotatable bonds is 6. The molecule has 0 atom stereocenters. The number of hydrogen-bond donors (Lipinski definition) is 0. The Morgan fingerprint density at radius 1 is 0.889 bits per heavy atom. The van der Waals surface area contributed by atoms with Crippen molar-refractivity contribution in [2.75, 3.05) is 13.2 Å². The van der Waals surface area contributed by atoms with Crippen molar-refractivity contribution in [1.29, 1.82) is 0 Å². The third kappa shape index (κ3) is 3.20. The van der Waals surface area contributed by atoms with E-state index in [0.717, 1.165) is 16.5 Å². The second-order valence-corrected chi connectivity index (χ2v) is 4.77. The summed E-state index contributed by atoms with van der Waals surface area (Å²) >= 11 is 0. The Bertz CT molecular complexity index is 490. The van der Waals surface area contributed by atoms with Crippen LogP contribution in [0.5, 0.6) is 5.75 Å². The fourth-order valence-corrected chi connectivity index (χ4v) is 2.58. The Morgan fingerprint density at radius 3 is 2.28 bits per heavy atom. The molecule has 0 bridgehead atoms. The molecular weight excluding hydrogens is 247 g/mol. The molecule has 0 aliphatic carbocycles. The van der Waals surface area contributed by atoms with E-state index >= 15 is 0 Å². The van der Waals surface area contributed by atoms with Gasteiger partial charge in [0.25, 0.3) is 0 Å². The molecule has 4 heteroatoms. The summed E-state index contributed by atoms with van der Waals surface area (Å²) in [4.78, 5) is 0. The largest absolute Gasteiger partial charge is 0.426 e. The van der Waals surface area contributed by atoms with Crippen molar-refractivity contribution in [1.82, 2.24) is 0 Å². The van der Waals surface area contributed by atoms with Crippen molar-refractivity contribution in [2.24, 2.45) is 0 Å². The maximum atomic E-state index is 5.83. The Kier molecular flexibility index (Phi) is 4.94. The van der Waals surface area contributed by atoms with Crippen LogP contribution in [0.25, 0.3) is 10.8 Å². The minimum Gasteiger partial charge on any atom is -0.426 e. The standard InChI is InChI=1S/C14H17O3P/c1-3-15-18(16-4-2)17-14-11-7-9-12-8-5-6-10-13(12)14/h5-11H,3-4H2,1-2H3. The smallest absolute Gasteiger partial charge is 0.397 e. The normalized spacial score (nSPS) is 11.1. The monoisotopic (exact) mass is 264 g/mol. The molecule has 0 aliphatic rings. The van der Waals surface area contributed by atoms with Gasteiger partial charge in [0.1, 0.15) is 5.75 Å². The summed E-state index contributed by atoms with van der Waals surface area (Å²) in [5.74, 6) is 0.807. The number of benzene rings is 2. The Balaban J connectivity index is 2.24. The van der Waals surface area contributed by atoms with E-state index < -0.39 is 8.60 Å². The van der Waals surface area contributed by atoms with Gasteiger partial charge in [-0.1, -0.05) is 36.4 Å². The van der Waals surface area contributed by atoms with Gasteiger partial charge in [0.15, 0.2) is 0 Å². The van der Waals surface area contributed by atoms with Gasteiger partial charge < -0.3 is 13.6 Å². The van der Waals surface area contributed by atoms with Crippen LogP contribution in [0.1, 0.15) is 13.8 Å². The van der Waals surface area contributed by atoms with Gasteiger partial charge in [-0.2, -0.15) is 0 Å². The molecule has 0 aliphatic heterocycles. The molecule has 96 valence electrons. The van der Waals surface area contributed by atoms with Crippen LogP contribution in [0.15, 0.2) is 42.5 Å². The lowest BCUT2D eigenvalue weighted by Gasteiger charge is -2.16. The van der Waals surface area contributed by atoms with Crippen LogP contribution in [0, 0.1) is 0 Å². The first-order chi connectivity index (χ1) is 8.85. The average Bonchev–Trinajstić information content (AvgIpc) is 2.40. The number of fused-ring (bicyclic) bond motifs is 1. The molecule has 0 spiro atoms. The molecule has 0 amide bonds. The first kappa shape index (κ1) is 13.3. The second kappa shape index (κ2) is 6.69. The van der Waals surface area contributed by atoms with Crippen LogP contribution in [0.3, 0.4) is 0 Å². The average molecular weight is 264 g/mol. The fraction of sp³-hybridized carbons (Fsp3) is 0.286. The first-order valence-corrected chi connectivity index (χ1v) is 7.16.